The summed E-state index contributed by atoms with van der Waals surface area (Å²) in [6.45, 7) is 0. The van der Waals surface area contributed by atoms with E-state index in [2.05, 4.69) is 15.3 Å². The SMILES string of the molecule is N#Cc1cc(F)cc(Nc2nc3cc(C(=O)O)ccc3c3cnccc23)c1. The summed E-state index contributed by atoms with van der Waals surface area (Å²) in [6.07, 6.45) is 3.27. The number of hydrogen-bond donors (Lipinski definition) is 2. The number of anilines is 2. The highest BCUT2D eigenvalue weighted by atomic mass is 19.1. The number of rotatable bonds is 3. The minimum absolute atomic E-state index is 0.113. The zero-order chi connectivity index (χ0) is 19.0. The highest BCUT2D eigenvalue weighted by Gasteiger charge is 2.12. The molecule has 2 heterocycles. The number of nitrogens with zero attached hydrogens (tertiary/aromatic N) is 3. The van der Waals surface area contributed by atoms with Crippen LogP contribution in [0.5, 0.6) is 0 Å². The van der Waals surface area contributed by atoms with Crippen LogP contribution in [0.15, 0.2) is 54.9 Å². The summed E-state index contributed by atoms with van der Waals surface area (Å²) in [6, 6.07) is 12.2. The molecule has 0 radical (unpaired) electrons. The highest BCUT2D eigenvalue weighted by molar-refractivity contribution is 6.11. The number of aromatic nitrogens is 2. The van der Waals surface area contributed by atoms with Crippen LogP contribution in [0, 0.1) is 17.1 Å². The van der Waals surface area contributed by atoms with Crippen molar-refractivity contribution in [3.8, 4) is 6.07 Å². The lowest BCUT2D eigenvalue weighted by molar-refractivity contribution is 0.0697. The van der Waals surface area contributed by atoms with Crippen molar-refractivity contribution in [2.75, 3.05) is 5.32 Å². The van der Waals surface area contributed by atoms with Crippen LogP contribution >= 0.6 is 0 Å². The Hall–Kier alpha value is -4.05. The summed E-state index contributed by atoms with van der Waals surface area (Å²) in [5.41, 5.74) is 1.12. The Labute approximate surface area is 152 Å². The fraction of sp³-hybridized carbons (Fsp3) is 0. The summed E-state index contributed by atoms with van der Waals surface area (Å²) in [7, 11) is 0. The number of halogens is 1. The van der Waals surface area contributed by atoms with Gasteiger partial charge < -0.3 is 10.4 Å². The number of carboxylic acids is 1. The normalized spacial score (nSPS) is 10.7. The maximum absolute atomic E-state index is 13.7. The lowest BCUT2D eigenvalue weighted by atomic mass is 10.1. The Morgan fingerprint density at radius 1 is 1.11 bits per heavy atom. The monoisotopic (exact) mass is 358 g/mol. The van der Waals surface area contributed by atoms with E-state index in [0.717, 1.165) is 22.2 Å². The molecule has 0 unspecified atom stereocenters. The van der Waals surface area contributed by atoms with Crippen LogP contribution in [0.3, 0.4) is 0 Å². The van der Waals surface area contributed by atoms with E-state index >= 15 is 0 Å². The van der Waals surface area contributed by atoms with E-state index in [1.807, 2.05) is 6.07 Å². The van der Waals surface area contributed by atoms with Gasteiger partial charge in [0.15, 0.2) is 0 Å². The molecular weight excluding hydrogens is 347 g/mol. The molecule has 4 aromatic rings. The van der Waals surface area contributed by atoms with Crippen LogP contribution in [0.4, 0.5) is 15.9 Å². The smallest absolute Gasteiger partial charge is 0.335 e. The molecule has 0 amide bonds. The first kappa shape index (κ1) is 16.4. The van der Waals surface area contributed by atoms with Crippen molar-refractivity contribution in [1.29, 1.82) is 5.26 Å². The first-order valence-corrected chi connectivity index (χ1v) is 7.93. The Morgan fingerprint density at radius 2 is 1.96 bits per heavy atom. The van der Waals surface area contributed by atoms with Gasteiger partial charge in [-0.25, -0.2) is 14.2 Å². The van der Waals surface area contributed by atoms with Gasteiger partial charge in [-0.05, 0) is 36.4 Å². The van der Waals surface area contributed by atoms with Crippen LogP contribution in [0.1, 0.15) is 15.9 Å². The molecule has 0 aliphatic rings. The lowest BCUT2D eigenvalue weighted by Gasteiger charge is -2.12. The fourth-order valence-corrected chi connectivity index (χ4v) is 2.94. The maximum Gasteiger partial charge on any atom is 0.335 e. The molecule has 2 aromatic carbocycles. The molecule has 0 saturated heterocycles. The summed E-state index contributed by atoms with van der Waals surface area (Å²) in [4.78, 5) is 19.9. The van der Waals surface area contributed by atoms with Gasteiger partial charge in [-0.2, -0.15) is 5.26 Å². The number of benzene rings is 2. The van der Waals surface area contributed by atoms with Crippen molar-refractivity contribution in [3.05, 3.63) is 71.8 Å². The van der Waals surface area contributed by atoms with E-state index < -0.39 is 11.8 Å². The molecule has 0 fully saturated rings. The van der Waals surface area contributed by atoms with Crippen LogP contribution in [-0.2, 0) is 0 Å². The molecule has 2 N–H and O–H groups in total. The Balaban J connectivity index is 1.94. The molecule has 0 atom stereocenters. The summed E-state index contributed by atoms with van der Waals surface area (Å²) in [5, 5.41) is 23.5. The molecule has 0 aliphatic carbocycles. The van der Waals surface area contributed by atoms with Crippen LogP contribution in [0.25, 0.3) is 21.7 Å². The van der Waals surface area contributed by atoms with E-state index in [1.54, 1.807) is 24.5 Å². The van der Waals surface area contributed by atoms with E-state index in [4.69, 9.17) is 5.26 Å². The van der Waals surface area contributed by atoms with Gasteiger partial charge in [0.25, 0.3) is 0 Å². The van der Waals surface area contributed by atoms with E-state index in [9.17, 15) is 14.3 Å². The van der Waals surface area contributed by atoms with E-state index in [0.29, 0.717) is 17.0 Å². The fourth-order valence-electron chi connectivity index (χ4n) is 2.94. The van der Waals surface area contributed by atoms with Crippen LogP contribution in [-0.4, -0.2) is 21.0 Å². The topological polar surface area (TPSA) is 98.9 Å². The lowest BCUT2D eigenvalue weighted by Crippen LogP contribution is -2.00. The van der Waals surface area contributed by atoms with Gasteiger partial charge in [0.1, 0.15) is 11.6 Å². The minimum Gasteiger partial charge on any atom is -0.478 e. The molecule has 7 heteroatoms. The number of carbonyl (C=O) groups is 1. The van der Waals surface area contributed by atoms with Gasteiger partial charge in [0.05, 0.1) is 22.7 Å². The van der Waals surface area contributed by atoms with E-state index in [-0.39, 0.29) is 11.1 Å². The molecule has 0 aliphatic heterocycles. The number of aromatic carboxylic acids is 1. The predicted molar refractivity (Wildman–Crippen MR) is 98.4 cm³/mol. The number of nitriles is 1. The van der Waals surface area contributed by atoms with Gasteiger partial charge in [-0.1, -0.05) is 6.07 Å². The third kappa shape index (κ3) is 3.00. The predicted octanol–water partition coefficient (Wildman–Crippen LogP) is 4.24. The zero-order valence-electron chi connectivity index (χ0n) is 13.8. The summed E-state index contributed by atoms with van der Waals surface area (Å²) in [5.74, 6) is -1.18. The van der Waals surface area contributed by atoms with Crippen molar-refractivity contribution >= 4 is 39.1 Å². The molecular formula is C20H11FN4O2. The number of nitrogens with one attached hydrogen (secondary N) is 1. The summed E-state index contributed by atoms with van der Waals surface area (Å²) >= 11 is 0. The van der Waals surface area contributed by atoms with Gasteiger partial charge >= 0.3 is 5.97 Å². The third-order valence-corrected chi connectivity index (χ3v) is 4.13. The molecule has 0 saturated carbocycles. The second kappa shape index (κ2) is 6.35. The average molecular weight is 358 g/mol. The molecule has 6 nitrogen and oxygen atoms in total. The Kier molecular flexibility index (Phi) is 3.86. The second-order valence-corrected chi connectivity index (χ2v) is 5.88. The van der Waals surface area contributed by atoms with Crippen LogP contribution in [0.2, 0.25) is 0 Å². The average Bonchev–Trinajstić information content (AvgIpc) is 2.67. The van der Waals surface area contributed by atoms with Gasteiger partial charge in [-0.3, -0.25) is 4.98 Å². The number of carboxylic acid groups (broad SMARTS) is 1. The quantitative estimate of drug-likeness (QED) is 0.532. The largest absolute Gasteiger partial charge is 0.478 e. The minimum atomic E-state index is -1.05. The number of hydrogen-bond acceptors (Lipinski definition) is 5. The van der Waals surface area contributed by atoms with Gasteiger partial charge in [0.2, 0.25) is 0 Å². The highest BCUT2D eigenvalue weighted by Crippen LogP contribution is 2.31. The Morgan fingerprint density at radius 3 is 2.74 bits per heavy atom. The molecule has 0 spiro atoms. The summed E-state index contributed by atoms with van der Waals surface area (Å²) < 4.78 is 13.7. The zero-order valence-corrected chi connectivity index (χ0v) is 13.8. The number of fused-ring (bicyclic) bond motifs is 3. The van der Waals surface area contributed by atoms with Crippen molar-refractivity contribution < 1.29 is 14.3 Å². The first-order chi connectivity index (χ1) is 13.0. The standard InChI is InChI=1S/C20H11FN4O2/c21-13-5-11(9-22)6-14(8-13)24-19-16-3-4-23-10-17(16)15-2-1-12(20(26)27)7-18(15)25-19/h1-8,10H,(H,24,25)(H,26,27). The first-order valence-electron chi connectivity index (χ1n) is 7.93. The molecule has 130 valence electrons. The molecule has 27 heavy (non-hydrogen) atoms. The maximum atomic E-state index is 13.7. The van der Waals surface area contributed by atoms with Crippen molar-refractivity contribution in [1.82, 2.24) is 9.97 Å². The van der Waals surface area contributed by atoms with E-state index in [1.165, 1.54) is 24.3 Å². The van der Waals surface area contributed by atoms with Gasteiger partial charge in [-0.15, -0.1) is 0 Å². The Bertz CT molecular complexity index is 1260. The molecule has 2 aromatic heterocycles. The van der Waals surface area contributed by atoms with Gasteiger partial charge in [0, 0.05) is 34.2 Å². The van der Waals surface area contributed by atoms with Crippen molar-refractivity contribution in [2.45, 2.75) is 0 Å². The second-order valence-electron chi connectivity index (χ2n) is 5.88. The third-order valence-electron chi connectivity index (χ3n) is 4.13. The molecule has 4 rings (SSSR count). The molecule has 0 bridgehead atoms. The van der Waals surface area contributed by atoms with Crippen molar-refractivity contribution in [2.24, 2.45) is 0 Å². The number of pyridine rings is 2. The van der Waals surface area contributed by atoms with Crippen molar-refractivity contribution in [3.63, 3.8) is 0 Å². The van der Waals surface area contributed by atoms with Crippen LogP contribution < -0.4 is 5.32 Å².